The van der Waals surface area contributed by atoms with E-state index in [9.17, 15) is 13.5 Å². The molecule has 1 aromatic carbocycles. The summed E-state index contributed by atoms with van der Waals surface area (Å²) >= 11 is 0. The highest BCUT2D eigenvalue weighted by Crippen LogP contribution is 2.22. The average molecular weight is 298 g/mol. The van der Waals surface area contributed by atoms with Crippen molar-refractivity contribution in [2.45, 2.75) is 37.2 Å². The minimum atomic E-state index is -3.43. The highest BCUT2D eigenvalue weighted by Gasteiger charge is 2.28. The molecule has 1 heterocycles. The van der Waals surface area contributed by atoms with Gasteiger partial charge >= 0.3 is 0 Å². The Bertz CT molecular complexity index is 520. The number of sulfonamides is 1. The standard InChI is InChI=1S/C14H22N2O3S/c1-2-9-15-12-3-5-14(6-4-12)20(18,19)16-10-7-13(17)8-11-16/h3-6,13,15,17H,2,7-11H2,1H3. The minimum Gasteiger partial charge on any atom is -0.393 e. The van der Waals surface area contributed by atoms with Gasteiger partial charge in [-0.2, -0.15) is 4.31 Å². The second kappa shape index (κ2) is 6.56. The van der Waals surface area contributed by atoms with Gasteiger partial charge in [0.1, 0.15) is 0 Å². The van der Waals surface area contributed by atoms with Crippen molar-refractivity contribution in [3.05, 3.63) is 24.3 Å². The highest BCUT2D eigenvalue weighted by atomic mass is 32.2. The summed E-state index contributed by atoms with van der Waals surface area (Å²) in [4.78, 5) is 0.316. The number of nitrogens with zero attached hydrogens (tertiary/aromatic N) is 1. The van der Waals surface area contributed by atoms with Crippen LogP contribution in [0.3, 0.4) is 0 Å². The molecular weight excluding hydrogens is 276 g/mol. The fourth-order valence-electron chi connectivity index (χ4n) is 2.25. The highest BCUT2D eigenvalue weighted by molar-refractivity contribution is 7.89. The van der Waals surface area contributed by atoms with Crippen LogP contribution in [0.15, 0.2) is 29.2 Å². The Morgan fingerprint density at radius 1 is 1.25 bits per heavy atom. The van der Waals surface area contributed by atoms with Gasteiger partial charge in [-0.3, -0.25) is 0 Å². The second-order valence-corrected chi connectivity index (χ2v) is 7.02. The number of anilines is 1. The van der Waals surface area contributed by atoms with Crippen LogP contribution in [-0.4, -0.2) is 43.6 Å². The third kappa shape index (κ3) is 3.50. The van der Waals surface area contributed by atoms with E-state index in [1.165, 1.54) is 4.31 Å². The van der Waals surface area contributed by atoms with Gasteiger partial charge in [0.2, 0.25) is 10.0 Å². The maximum atomic E-state index is 12.4. The molecule has 1 aliphatic heterocycles. The van der Waals surface area contributed by atoms with Gasteiger partial charge in [0.25, 0.3) is 0 Å². The Morgan fingerprint density at radius 3 is 2.40 bits per heavy atom. The summed E-state index contributed by atoms with van der Waals surface area (Å²) in [5.74, 6) is 0. The first-order valence-electron chi connectivity index (χ1n) is 7.06. The Balaban J connectivity index is 2.09. The van der Waals surface area contributed by atoms with E-state index in [0.717, 1.165) is 18.7 Å². The van der Waals surface area contributed by atoms with E-state index in [1.807, 2.05) is 0 Å². The predicted molar refractivity (Wildman–Crippen MR) is 79.2 cm³/mol. The summed E-state index contributed by atoms with van der Waals surface area (Å²) < 4.78 is 26.3. The van der Waals surface area contributed by atoms with E-state index in [4.69, 9.17) is 0 Å². The van der Waals surface area contributed by atoms with Gasteiger partial charge in [-0.05, 0) is 43.5 Å². The molecule has 1 saturated heterocycles. The summed E-state index contributed by atoms with van der Waals surface area (Å²) in [6, 6.07) is 6.86. The van der Waals surface area contributed by atoms with Crippen molar-refractivity contribution in [1.82, 2.24) is 4.31 Å². The van der Waals surface area contributed by atoms with Crippen molar-refractivity contribution in [3.8, 4) is 0 Å². The van der Waals surface area contributed by atoms with Crippen molar-refractivity contribution in [1.29, 1.82) is 0 Å². The quantitative estimate of drug-likeness (QED) is 0.867. The van der Waals surface area contributed by atoms with Crippen molar-refractivity contribution in [2.75, 3.05) is 25.0 Å². The van der Waals surface area contributed by atoms with Gasteiger partial charge in [0.15, 0.2) is 0 Å². The van der Waals surface area contributed by atoms with Crippen LogP contribution in [0.2, 0.25) is 0 Å². The van der Waals surface area contributed by atoms with E-state index < -0.39 is 10.0 Å². The molecule has 0 aromatic heterocycles. The van der Waals surface area contributed by atoms with Crippen LogP contribution in [0, 0.1) is 0 Å². The number of nitrogens with one attached hydrogen (secondary N) is 1. The van der Waals surface area contributed by atoms with Gasteiger partial charge in [-0.25, -0.2) is 8.42 Å². The molecular formula is C14H22N2O3S. The summed E-state index contributed by atoms with van der Waals surface area (Å²) in [6.07, 6.45) is 1.67. The van der Waals surface area contributed by atoms with Crippen molar-refractivity contribution in [3.63, 3.8) is 0 Å². The zero-order valence-electron chi connectivity index (χ0n) is 11.7. The third-order valence-corrected chi connectivity index (χ3v) is 5.41. The molecule has 112 valence electrons. The topological polar surface area (TPSA) is 69.6 Å². The molecule has 0 atom stereocenters. The van der Waals surface area contributed by atoms with Crippen molar-refractivity contribution >= 4 is 15.7 Å². The van der Waals surface area contributed by atoms with Crippen LogP contribution in [0.5, 0.6) is 0 Å². The normalized spacial score (nSPS) is 18.1. The SMILES string of the molecule is CCCNc1ccc(S(=O)(=O)N2CCC(O)CC2)cc1. The lowest BCUT2D eigenvalue weighted by Gasteiger charge is -2.28. The van der Waals surface area contributed by atoms with Crippen LogP contribution in [-0.2, 0) is 10.0 Å². The number of benzene rings is 1. The Hall–Kier alpha value is -1.11. The van der Waals surface area contributed by atoms with Crippen LogP contribution in [0.25, 0.3) is 0 Å². The van der Waals surface area contributed by atoms with Crippen LogP contribution in [0.4, 0.5) is 5.69 Å². The Labute approximate surface area is 120 Å². The van der Waals surface area contributed by atoms with Crippen LogP contribution in [0.1, 0.15) is 26.2 Å². The third-order valence-electron chi connectivity index (χ3n) is 3.49. The zero-order chi connectivity index (χ0) is 14.6. The maximum Gasteiger partial charge on any atom is 0.243 e. The van der Waals surface area contributed by atoms with E-state index in [1.54, 1.807) is 24.3 Å². The molecule has 2 rings (SSSR count). The number of aliphatic hydroxyl groups excluding tert-OH is 1. The molecule has 1 fully saturated rings. The number of hydrogen-bond donors (Lipinski definition) is 2. The monoisotopic (exact) mass is 298 g/mol. The molecule has 5 nitrogen and oxygen atoms in total. The average Bonchev–Trinajstić information content (AvgIpc) is 2.46. The smallest absolute Gasteiger partial charge is 0.243 e. The summed E-state index contributed by atoms with van der Waals surface area (Å²) in [6.45, 7) is 3.73. The Kier molecular flexibility index (Phi) is 5.01. The predicted octanol–water partition coefficient (Wildman–Crippen LogP) is 1.65. The van der Waals surface area contributed by atoms with Gasteiger partial charge in [-0.15, -0.1) is 0 Å². The molecule has 0 unspecified atom stereocenters. The number of piperidine rings is 1. The molecule has 20 heavy (non-hydrogen) atoms. The van der Waals surface area contributed by atoms with Gasteiger partial charge < -0.3 is 10.4 Å². The minimum absolute atomic E-state index is 0.316. The first kappa shape index (κ1) is 15.3. The van der Waals surface area contributed by atoms with E-state index in [-0.39, 0.29) is 6.10 Å². The van der Waals surface area contributed by atoms with Crippen molar-refractivity contribution < 1.29 is 13.5 Å². The lowest BCUT2D eigenvalue weighted by Crippen LogP contribution is -2.39. The number of aliphatic hydroxyl groups is 1. The van der Waals surface area contributed by atoms with E-state index in [0.29, 0.717) is 30.8 Å². The van der Waals surface area contributed by atoms with Gasteiger partial charge in [0.05, 0.1) is 11.0 Å². The molecule has 0 saturated carbocycles. The van der Waals surface area contributed by atoms with Crippen LogP contribution >= 0.6 is 0 Å². The second-order valence-electron chi connectivity index (χ2n) is 5.09. The summed E-state index contributed by atoms with van der Waals surface area (Å²) in [5.41, 5.74) is 0.930. The first-order valence-corrected chi connectivity index (χ1v) is 8.50. The largest absolute Gasteiger partial charge is 0.393 e. The molecule has 0 amide bonds. The van der Waals surface area contributed by atoms with Gasteiger partial charge in [-0.1, -0.05) is 6.92 Å². The van der Waals surface area contributed by atoms with Crippen LogP contribution < -0.4 is 5.32 Å². The molecule has 1 aromatic rings. The molecule has 6 heteroatoms. The Morgan fingerprint density at radius 2 is 1.85 bits per heavy atom. The first-order chi connectivity index (χ1) is 9.54. The lowest BCUT2D eigenvalue weighted by atomic mass is 10.1. The number of hydrogen-bond acceptors (Lipinski definition) is 4. The molecule has 1 aliphatic rings. The molecule has 0 aliphatic carbocycles. The summed E-state index contributed by atoms with van der Waals surface area (Å²) in [7, 11) is -3.43. The summed E-state index contributed by atoms with van der Waals surface area (Å²) in [5, 5.41) is 12.7. The molecule has 2 N–H and O–H groups in total. The van der Waals surface area contributed by atoms with E-state index >= 15 is 0 Å². The molecule has 0 radical (unpaired) electrons. The van der Waals surface area contributed by atoms with Crippen molar-refractivity contribution in [2.24, 2.45) is 0 Å². The van der Waals surface area contributed by atoms with Gasteiger partial charge in [0, 0.05) is 25.3 Å². The molecule has 0 spiro atoms. The lowest BCUT2D eigenvalue weighted by molar-refractivity contribution is 0.113. The van der Waals surface area contributed by atoms with E-state index in [2.05, 4.69) is 12.2 Å². The fraction of sp³-hybridized carbons (Fsp3) is 0.571. The zero-order valence-corrected chi connectivity index (χ0v) is 12.6. The number of rotatable bonds is 5. The fourth-order valence-corrected chi connectivity index (χ4v) is 3.72. The maximum absolute atomic E-state index is 12.4. The molecule has 0 bridgehead atoms.